The Balaban J connectivity index is 1.92. The van der Waals surface area contributed by atoms with Gasteiger partial charge in [0.1, 0.15) is 6.04 Å². The number of nitrogens with one attached hydrogen (secondary N) is 1. The molecule has 0 aliphatic heterocycles. The molecular weight excluding hydrogens is 538 g/mol. The van der Waals surface area contributed by atoms with Crippen LogP contribution in [-0.2, 0) is 37.0 Å². The Morgan fingerprint density at radius 3 is 1.84 bits per heavy atom. The minimum absolute atomic E-state index is 0.0210. The second-order valence-electron chi connectivity index (χ2n) is 7.65. The summed E-state index contributed by atoms with van der Waals surface area (Å²) in [7, 11) is 0. The van der Waals surface area contributed by atoms with E-state index in [-0.39, 0.29) is 48.6 Å². The average Bonchev–Trinajstić information content (AvgIpc) is 3.31. The highest BCUT2D eigenvalue weighted by molar-refractivity contribution is 8.15. The number of carbonyl (C=O) groups is 4. The molecule has 2 rings (SSSR count). The van der Waals surface area contributed by atoms with Crippen molar-refractivity contribution in [2.24, 2.45) is 0 Å². The fraction of sp³-hybridized carbons (Fsp3) is 0.524. The molecule has 0 fully saturated rings. The van der Waals surface area contributed by atoms with E-state index in [2.05, 4.69) is 14.2 Å². The third kappa shape index (κ3) is 9.20. The number of esters is 1. The summed E-state index contributed by atoms with van der Waals surface area (Å²) in [6, 6.07) is -1.25. The van der Waals surface area contributed by atoms with Crippen molar-refractivity contribution in [2.75, 3.05) is 12.4 Å². The summed E-state index contributed by atoms with van der Waals surface area (Å²) in [5, 5.41) is 0.788. The number of carbonyl (C=O) groups excluding carboxylic acids is 4. The quantitative estimate of drug-likeness (QED) is 0.309. The molecule has 2 aromatic rings. The highest BCUT2D eigenvalue weighted by atomic mass is 32.2. The molecule has 0 saturated heterocycles. The van der Waals surface area contributed by atoms with E-state index in [1.807, 2.05) is 0 Å². The number of hydrogen-bond acceptors (Lipinski definition) is 15. The van der Waals surface area contributed by atoms with Gasteiger partial charge < -0.3 is 37.2 Å². The van der Waals surface area contributed by atoms with Gasteiger partial charge in [-0.25, -0.2) is 24.0 Å². The predicted molar refractivity (Wildman–Crippen MR) is 127 cm³/mol. The van der Waals surface area contributed by atoms with Crippen LogP contribution in [0.1, 0.15) is 43.8 Å². The van der Waals surface area contributed by atoms with E-state index in [0.717, 1.165) is 0 Å². The van der Waals surface area contributed by atoms with Crippen LogP contribution < -0.4 is 17.0 Å². The summed E-state index contributed by atoms with van der Waals surface area (Å²) in [5.74, 6) is -3.28. The summed E-state index contributed by atoms with van der Waals surface area (Å²) in [4.78, 5) is 71.6. The molecule has 0 aliphatic carbocycles. The summed E-state index contributed by atoms with van der Waals surface area (Å²) in [6.45, 7) is 6.59. The molecule has 0 spiro atoms. The molecule has 37 heavy (non-hydrogen) atoms. The van der Waals surface area contributed by atoms with Gasteiger partial charge in [0, 0.05) is 5.75 Å². The summed E-state index contributed by atoms with van der Waals surface area (Å²) in [6.07, 6.45) is 0. The fourth-order valence-electron chi connectivity index (χ4n) is 2.48. The van der Waals surface area contributed by atoms with E-state index in [1.165, 1.54) is 27.7 Å². The van der Waals surface area contributed by atoms with Gasteiger partial charge in [-0.05, 0) is 58.1 Å². The lowest BCUT2D eigenvalue weighted by Gasteiger charge is -2.25. The third-order valence-corrected chi connectivity index (χ3v) is 6.28. The molecule has 0 radical (unpaired) electrons. The average molecular weight is 564 g/mol. The van der Waals surface area contributed by atoms with E-state index in [0.29, 0.717) is 23.5 Å². The first-order valence-electron chi connectivity index (χ1n) is 10.6. The van der Waals surface area contributed by atoms with Gasteiger partial charge in [-0.3, -0.25) is 4.79 Å². The van der Waals surface area contributed by atoms with E-state index in [4.69, 9.17) is 23.0 Å². The second-order valence-corrected chi connectivity index (χ2v) is 10.2. The Morgan fingerprint density at radius 2 is 1.38 bits per heavy atom. The minimum atomic E-state index is -1.41. The number of ether oxygens (including phenoxy) is 3. The van der Waals surface area contributed by atoms with Crippen molar-refractivity contribution in [3.63, 3.8) is 0 Å². The molecule has 0 unspecified atom stereocenters. The first-order valence-corrected chi connectivity index (χ1v) is 12.4. The summed E-state index contributed by atoms with van der Waals surface area (Å²) >= 11 is 1.10. The van der Waals surface area contributed by atoms with E-state index in [1.54, 1.807) is 6.92 Å². The number of aryl methyl sites for hydroxylation is 2. The molecule has 2 heterocycles. The maximum atomic E-state index is 12.8. The zero-order valence-electron chi connectivity index (χ0n) is 20.5. The number of amides is 1. The monoisotopic (exact) mass is 563 g/mol. The highest BCUT2D eigenvalue weighted by Crippen LogP contribution is 2.27. The lowest BCUT2D eigenvalue weighted by Crippen LogP contribution is -2.50. The van der Waals surface area contributed by atoms with Gasteiger partial charge in [0.25, 0.3) is 0 Å². The van der Waals surface area contributed by atoms with Gasteiger partial charge in [0.2, 0.25) is 5.91 Å². The Hall–Kier alpha value is -3.40. The lowest BCUT2D eigenvalue weighted by atomic mass is 10.2. The van der Waals surface area contributed by atoms with Crippen LogP contribution in [-0.4, -0.2) is 45.6 Å². The molecule has 16 heteroatoms. The molecule has 1 atom stereocenters. The van der Waals surface area contributed by atoms with E-state index in [9.17, 15) is 28.8 Å². The van der Waals surface area contributed by atoms with Crippen LogP contribution in [0.4, 0.5) is 9.59 Å². The Labute approximate surface area is 217 Å². The van der Waals surface area contributed by atoms with Crippen LogP contribution in [0.2, 0.25) is 0 Å². The van der Waals surface area contributed by atoms with Gasteiger partial charge in [-0.2, -0.15) is 0 Å². The zero-order valence-corrected chi connectivity index (χ0v) is 22.2. The van der Waals surface area contributed by atoms with Crippen molar-refractivity contribution in [1.82, 2.24) is 5.32 Å². The molecule has 1 N–H and O–H groups in total. The van der Waals surface area contributed by atoms with Crippen molar-refractivity contribution in [3.8, 4) is 0 Å². The van der Waals surface area contributed by atoms with Gasteiger partial charge in [0.05, 0.1) is 11.4 Å². The Morgan fingerprint density at radius 1 is 0.865 bits per heavy atom. The fourth-order valence-corrected chi connectivity index (χ4v) is 3.83. The van der Waals surface area contributed by atoms with Gasteiger partial charge >= 0.3 is 28.2 Å². The molecule has 204 valence electrons. The van der Waals surface area contributed by atoms with Gasteiger partial charge in [0.15, 0.2) is 36.3 Å². The predicted octanol–water partition coefficient (Wildman–Crippen LogP) is 2.66. The van der Waals surface area contributed by atoms with Crippen molar-refractivity contribution in [1.29, 1.82) is 0 Å². The van der Waals surface area contributed by atoms with Gasteiger partial charge in [-0.15, -0.1) is 0 Å². The maximum absolute atomic E-state index is 12.8. The van der Waals surface area contributed by atoms with Crippen LogP contribution >= 0.6 is 23.5 Å². The first-order chi connectivity index (χ1) is 17.3. The largest absolute Gasteiger partial charge is 0.519 e. The molecule has 14 nitrogen and oxygen atoms in total. The molecule has 0 aromatic carbocycles. The highest BCUT2D eigenvalue weighted by Gasteiger charge is 2.36. The number of thioether (sulfide) groups is 2. The van der Waals surface area contributed by atoms with E-state index >= 15 is 0 Å². The Kier molecular flexibility index (Phi) is 10.7. The standard InChI is InChI=1S/C21H25NO13S2/c1-6-29-15(23)12(9-36-19(27)30-7-13-10(2)32-17(25)34-13)22-16(24)21(4,5)37-20(28)31-8-14-11(3)33-18(26)35-14/h12H,6-9H2,1-5H3,(H,22,24)/t12-/m0/s1. The Bertz CT molecular complexity index is 1240. The summed E-state index contributed by atoms with van der Waals surface area (Å²) in [5.41, 5.74) is 0. The van der Waals surface area contributed by atoms with E-state index < -0.39 is 44.9 Å². The lowest BCUT2D eigenvalue weighted by molar-refractivity contribution is -0.146. The minimum Gasteiger partial charge on any atom is -0.464 e. The zero-order chi connectivity index (χ0) is 27.8. The smallest absolute Gasteiger partial charge is 0.464 e. The van der Waals surface area contributed by atoms with Crippen LogP contribution in [0.25, 0.3) is 0 Å². The molecule has 2 aromatic heterocycles. The van der Waals surface area contributed by atoms with Crippen molar-refractivity contribution in [3.05, 3.63) is 44.3 Å². The van der Waals surface area contributed by atoms with Crippen LogP contribution in [0, 0.1) is 13.8 Å². The first kappa shape index (κ1) is 29.8. The second kappa shape index (κ2) is 13.2. The third-order valence-electron chi connectivity index (χ3n) is 4.44. The van der Waals surface area contributed by atoms with Crippen LogP contribution in [0.5, 0.6) is 0 Å². The van der Waals surface area contributed by atoms with Gasteiger partial charge in [-0.1, -0.05) is 0 Å². The SMILES string of the molecule is CCOC(=O)[C@H](CSC(=O)OCc1oc(=O)oc1C)NC(=O)C(C)(C)SC(=O)OCc1oc(=O)oc1C. The summed E-state index contributed by atoms with van der Waals surface area (Å²) < 4.78 is 32.3. The van der Waals surface area contributed by atoms with Crippen LogP contribution in [0.15, 0.2) is 27.3 Å². The topological polar surface area (TPSA) is 195 Å². The normalized spacial score (nSPS) is 12.0. The molecule has 0 bridgehead atoms. The molecule has 0 aliphatic rings. The molecule has 1 amide bonds. The van der Waals surface area contributed by atoms with Crippen molar-refractivity contribution >= 4 is 46.0 Å². The van der Waals surface area contributed by atoms with Crippen LogP contribution in [0.3, 0.4) is 0 Å². The number of rotatable bonds is 11. The molecular formula is C21H25NO13S2. The number of hydrogen-bond donors (Lipinski definition) is 1. The molecule has 0 saturated carbocycles. The van der Waals surface area contributed by atoms with Crippen molar-refractivity contribution in [2.45, 2.75) is 58.6 Å². The maximum Gasteiger partial charge on any atom is 0.519 e. The van der Waals surface area contributed by atoms with Crippen molar-refractivity contribution < 1.29 is 51.1 Å².